The molecule has 304 valence electrons. The molecule has 11 heteroatoms. The molecule has 3 N–H and O–H groups in total. The fraction of sp³-hybridized carbons (Fsp3) is 0.543. The Labute approximate surface area is 333 Å². The van der Waals surface area contributed by atoms with Gasteiger partial charge in [-0.1, -0.05) is 54.6 Å². The topological polar surface area (TPSA) is 102 Å². The molecule has 8 nitrogen and oxygen atoms in total. The molecule has 9 rings (SSSR count). The number of benzene rings is 3. The number of nitrogens with zero attached hydrogens (tertiary/aromatic N) is 2. The van der Waals surface area contributed by atoms with E-state index in [1.54, 1.807) is 28.3 Å². The van der Waals surface area contributed by atoms with Gasteiger partial charge in [0.1, 0.15) is 0 Å². The molecule has 0 aromatic heterocycles. The van der Waals surface area contributed by atoms with Crippen molar-refractivity contribution in [2.45, 2.75) is 132 Å². The van der Waals surface area contributed by atoms with Crippen LogP contribution in [0.5, 0.6) is 0 Å². The van der Waals surface area contributed by atoms with Crippen molar-refractivity contribution in [3.8, 4) is 0 Å². The smallest absolute Gasteiger partial charge is 0.475 e. The van der Waals surface area contributed by atoms with Crippen LogP contribution in [-0.2, 0) is 4.79 Å². The summed E-state index contributed by atoms with van der Waals surface area (Å²) in [5.74, 6) is -1.38. The van der Waals surface area contributed by atoms with Gasteiger partial charge in [0, 0.05) is 47.4 Å². The van der Waals surface area contributed by atoms with Crippen LogP contribution in [0.4, 0.5) is 13.2 Å². The molecule has 2 amide bonds. The largest absolute Gasteiger partial charge is 0.490 e. The lowest BCUT2D eigenvalue weighted by Crippen LogP contribution is -2.39. The summed E-state index contributed by atoms with van der Waals surface area (Å²) in [6.45, 7) is 2.38. The molecule has 2 aliphatic carbocycles. The number of hydrogen-bond acceptors (Lipinski definition) is 5. The summed E-state index contributed by atoms with van der Waals surface area (Å²) in [5.41, 5.74) is 7.46. The van der Waals surface area contributed by atoms with Gasteiger partial charge in [-0.25, -0.2) is 4.79 Å². The molecule has 3 aromatic rings. The molecular formula is C46H55F3N4O4. The molecule has 2 saturated heterocycles. The minimum Gasteiger partial charge on any atom is -0.475 e. The Balaban J connectivity index is 0.000000598. The van der Waals surface area contributed by atoms with E-state index in [0.29, 0.717) is 35.3 Å². The molecule has 1 unspecified atom stereocenters. The van der Waals surface area contributed by atoms with Crippen LogP contribution >= 0.6 is 0 Å². The molecule has 4 fully saturated rings. The van der Waals surface area contributed by atoms with Gasteiger partial charge in [-0.3, -0.25) is 19.4 Å². The minimum absolute atomic E-state index is 0.0513. The van der Waals surface area contributed by atoms with Gasteiger partial charge in [0.15, 0.2) is 0 Å². The van der Waals surface area contributed by atoms with E-state index < -0.39 is 12.1 Å². The van der Waals surface area contributed by atoms with Crippen LogP contribution in [0.2, 0.25) is 0 Å². The second kappa shape index (κ2) is 16.9. The summed E-state index contributed by atoms with van der Waals surface area (Å²) in [5, 5.41) is 13.7. The highest BCUT2D eigenvalue weighted by molar-refractivity contribution is 5.99. The average Bonchev–Trinajstić information content (AvgIpc) is 3.98. The van der Waals surface area contributed by atoms with Crippen LogP contribution in [0.25, 0.3) is 0 Å². The van der Waals surface area contributed by atoms with E-state index in [-0.39, 0.29) is 23.9 Å². The van der Waals surface area contributed by atoms with E-state index in [4.69, 9.17) is 9.90 Å². The molecule has 4 heterocycles. The maximum atomic E-state index is 13.3. The quantitative estimate of drug-likeness (QED) is 0.190. The molecule has 0 radical (unpaired) electrons. The molecule has 57 heavy (non-hydrogen) atoms. The average molecular weight is 785 g/mol. The summed E-state index contributed by atoms with van der Waals surface area (Å²) in [6.07, 6.45) is 11.5. The Morgan fingerprint density at radius 1 is 0.544 bits per heavy atom. The van der Waals surface area contributed by atoms with Crippen molar-refractivity contribution in [3.05, 3.63) is 106 Å². The molecule has 4 atom stereocenters. The molecule has 4 aliphatic heterocycles. The first-order valence-corrected chi connectivity index (χ1v) is 21.2. The van der Waals surface area contributed by atoms with Gasteiger partial charge in [-0.15, -0.1) is 0 Å². The number of aliphatic carboxylic acids is 1. The summed E-state index contributed by atoms with van der Waals surface area (Å²) in [6, 6.07) is 28.4. The number of carboxylic acid groups (broad SMARTS) is 1. The number of halogens is 3. The van der Waals surface area contributed by atoms with Gasteiger partial charge in [0.2, 0.25) is 0 Å². The predicted octanol–water partition coefficient (Wildman–Crippen LogP) is 9.46. The Hall–Kier alpha value is -4.22. The fourth-order valence-electron chi connectivity index (χ4n) is 11.1. The van der Waals surface area contributed by atoms with Crippen molar-refractivity contribution in [2.24, 2.45) is 11.8 Å². The normalized spacial score (nSPS) is 28.9. The van der Waals surface area contributed by atoms with Gasteiger partial charge in [-0.05, 0) is 155 Å². The third kappa shape index (κ3) is 8.65. The zero-order chi connectivity index (χ0) is 39.7. The zero-order valence-electron chi connectivity index (χ0n) is 32.6. The van der Waals surface area contributed by atoms with E-state index in [9.17, 15) is 22.8 Å². The highest BCUT2D eigenvalue weighted by Crippen LogP contribution is 2.54. The SMILES string of the molecule is O=C(NC1CCC(CCN2C3CC[C@@H]2c2ccccc23)CC1)c1cccc(C(=O)NC2CCC(CCN3[C@@H]4CC[C@H]3c3ccccc34)CC2)c1.O=C(O)C(F)(F)F. The summed E-state index contributed by atoms with van der Waals surface area (Å²) in [4.78, 5) is 41.0. The van der Waals surface area contributed by atoms with Gasteiger partial charge < -0.3 is 15.7 Å². The van der Waals surface area contributed by atoms with Crippen molar-refractivity contribution < 1.29 is 32.7 Å². The number of amides is 2. The number of hydrogen-bond donors (Lipinski definition) is 3. The van der Waals surface area contributed by atoms with Crippen molar-refractivity contribution in [2.75, 3.05) is 13.1 Å². The highest BCUT2D eigenvalue weighted by atomic mass is 19.4. The van der Waals surface area contributed by atoms with Crippen LogP contribution < -0.4 is 10.6 Å². The second-order valence-corrected chi connectivity index (χ2v) is 17.3. The Morgan fingerprint density at radius 3 is 1.19 bits per heavy atom. The van der Waals surface area contributed by atoms with Crippen LogP contribution in [0.1, 0.15) is 157 Å². The van der Waals surface area contributed by atoms with Crippen LogP contribution in [0.15, 0.2) is 72.8 Å². The number of rotatable bonds is 10. The molecule has 3 aromatic carbocycles. The number of carbonyl (C=O) groups is 3. The molecule has 4 bridgehead atoms. The Bertz CT molecular complexity index is 1740. The van der Waals surface area contributed by atoms with Gasteiger partial charge in [0.25, 0.3) is 11.8 Å². The van der Waals surface area contributed by atoms with Gasteiger partial charge in [0.05, 0.1) is 0 Å². The monoisotopic (exact) mass is 784 g/mol. The lowest BCUT2D eigenvalue weighted by molar-refractivity contribution is -0.192. The van der Waals surface area contributed by atoms with Crippen LogP contribution in [0, 0.1) is 11.8 Å². The minimum atomic E-state index is -5.08. The standard InChI is InChI=1S/C44H54N4O2.C2HF3O2/c49-43(45-33-16-12-29(13-17-33)24-26-47-39-20-21-40(47)36-9-2-1-8-35(36)39)31-6-5-7-32(28-31)44(50)46-34-18-14-30(15-19-34)25-27-48-41-22-23-42(48)38-11-4-3-10-37(38)41;3-2(4,5)1(6)7/h1-11,28-30,33-34,39-42H,12-27H2,(H,45,49)(H,46,50);(H,6,7)/t29?,30?,33?,34?,39-,40+,41-,42?;/m1./s1. The van der Waals surface area contributed by atoms with E-state index in [1.807, 2.05) is 18.2 Å². The lowest BCUT2D eigenvalue weighted by atomic mass is 9.83. The third-order valence-corrected chi connectivity index (χ3v) is 14.0. The van der Waals surface area contributed by atoms with Crippen LogP contribution in [-0.4, -0.2) is 64.0 Å². The van der Waals surface area contributed by atoms with Crippen molar-refractivity contribution in [1.29, 1.82) is 0 Å². The Kier molecular flexibility index (Phi) is 11.8. The summed E-state index contributed by atoms with van der Waals surface area (Å²) in [7, 11) is 0. The first kappa shape index (κ1) is 39.6. The summed E-state index contributed by atoms with van der Waals surface area (Å²) < 4.78 is 31.7. The number of alkyl halides is 3. The van der Waals surface area contributed by atoms with E-state index in [2.05, 4.69) is 69.0 Å². The number of carboxylic acids is 1. The molecule has 0 spiro atoms. The van der Waals surface area contributed by atoms with Gasteiger partial charge in [-0.2, -0.15) is 13.2 Å². The maximum absolute atomic E-state index is 13.3. The molecule has 6 aliphatic rings. The van der Waals surface area contributed by atoms with Crippen molar-refractivity contribution in [1.82, 2.24) is 20.4 Å². The zero-order valence-corrected chi connectivity index (χ0v) is 32.6. The van der Waals surface area contributed by atoms with Crippen LogP contribution in [0.3, 0.4) is 0 Å². The number of nitrogens with one attached hydrogen (secondary N) is 2. The predicted molar refractivity (Wildman–Crippen MR) is 212 cm³/mol. The highest BCUT2D eigenvalue weighted by Gasteiger charge is 2.44. The number of fused-ring (bicyclic) bond motifs is 10. The van der Waals surface area contributed by atoms with E-state index in [0.717, 1.165) is 37.5 Å². The first-order chi connectivity index (χ1) is 27.5. The lowest BCUT2D eigenvalue weighted by Gasteiger charge is -2.31. The molecule has 2 saturated carbocycles. The second-order valence-electron chi connectivity index (χ2n) is 17.3. The number of carbonyl (C=O) groups excluding carboxylic acids is 2. The van der Waals surface area contributed by atoms with Crippen molar-refractivity contribution in [3.63, 3.8) is 0 Å². The van der Waals surface area contributed by atoms with Crippen molar-refractivity contribution >= 4 is 17.8 Å². The third-order valence-electron chi connectivity index (χ3n) is 14.0. The first-order valence-electron chi connectivity index (χ1n) is 21.2. The van der Waals surface area contributed by atoms with E-state index >= 15 is 0 Å². The van der Waals surface area contributed by atoms with Gasteiger partial charge >= 0.3 is 12.1 Å². The molecular weight excluding hydrogens is 730 g/mol. The maximum Gasteiger partial charge on any atom is 0.490 e. The Morgan fingerprint density at radius 2 is 0.877 bits per heavy atom. The summed E-state index contributed by atoms with van der Waals surface area (Å²) >= 11 is 0. The van der Waals surface area contributed by atoms with E-state index in [1.165, 1.54) is 77.3 Å². The fourth-order valence-corrected chi connectivity index (χ4v) is 11.1.